The molecule has 0 unspecified atom stereocenters. The van der Waals surface area contributed by atoms with Crippen LogP contribution in [0.1, 0.15) is 5.56 Å². The molecule has 1 amide bonds. The molecule has 1 aromatic carbocycles. The number of tetrazole rings is 1. The second kappa shape index (κ2) is 6.63. The molecule has 22 heavy (non-hydrogen) atoms. The van der Waals surface area contributed by atoms with E-state index in [9.17, 15) is 4.79 Å². The molecule has 0 saturated heterocycles. The minimum atomic E-state index is -0.317. The number of thiazole rings is 1. The number of carbonyl (C=O) groups excluding carboxylic acids is 1. The van der Waals surface area contributed by atoms with E-state index in [2.05, 4.69) is 20.5 Å². The summed E-state index contributed by atoms with van der Waals surface area (Å²) in [6.07, 6.45) is 3.25. The van der Waals surface area contributed by atoms with Gasteiger partial charge in [0.05, 0.1) is 6.54 Å². The van der Waals surface area contributed by atoms with Crippen LogP contribution in [-0.4, -0.2) is 30.7 Å². The number of aromatic nitrogens is 5. The van der Waals surface area contributed by atoms with Crippen LogP contribution in [0.2, 0.25) is 5.02 Å². The predicted molar refractivity (Wildman–Crippen MR) is 81.3 cm³/mol. The largest absolute Gasteiger partial charge is 0.319 e. The van der Waals surface area contributed by atoms with Gasteiger partial charge in [-0.2, -0.15) is 4.99 Å². The zero-order chi connectivity index (χ0) is 15.4. The summed E-state index contributed by atoms with van der Waals surface area (Å²) in [6.45, 7) is 0.567. The molecule has 0 aliphatic carbocycles. The highest BCUT2D eigenvalue weighted by atomic mass is 35.5. The second-order valence-electron chi connectivity index (χ2n) is 4.42. The van der Waals surface area contributed by atoms with Gasteiger partial charge in [0.15, 0.2) is 4.80 Å². The average Bonchev–Trinajstić information content (AvgIpc) is 3.14. The fraction of sp³-hybridized carbons (Fsp3) is 0.154. The van der Waals surface area contributed by atoms with Crippen LogP contribution in [0.4, 0.5) is 0 Å². The molecule has 0 bridgehead atoms. The van der Waals surface area contributed by atoms with E-state index >= 15 is 0 Å². The fourth-order valence-corrected chi connectivity index (χ4v) is 2.79. The number of rotatable bonds is 4. The number of halogens is 1. The maximum Gasteiger partial charge on any atom is 0.270 e. The summed E-state index contributed by atoms with van der Waals surface area (Å²) in [4.78, 5) is 16.6. The van der Waals surface area contributed by atoms with Crippen LogP contribution in [0.3, 0.4) is 0 Å². The van der Waals surface area contributed by atoms with Crippen molar-refractivity contribution >= 4 is 28.8 Å². The Morgan fingerprint density at radius 1 is 1.36 bits per heavy atom. The Morgan fingerprint density at radius 3 is 3.00 bits per heavy atom. The molecule has 2 heterocycles. The first-order chi connectivity index (χ1) is 10.7. The van der Waals surface area contributed by atoms with Crippen LogP contribution in [-0.2, 0) is 17.9 Å². The molecule has 0 N–H and O–H groups in total. The Kier molecular flexibility index (Phi) is 4.40. The van der Waals surface area contributed by atoms with E-state index in [4.69, 9.17) is 11.6 Å². The number of carbonyl (C=O) groups is 1. The van der Waals surface area contributed by atoms with E-state index in [1.165, 1.54) is 22.3 Å². The van der Waals surface area contributed by atoms with Gasteiger partial charge in [0, 0.05) is 16.6 Å². The van der Waals surface area contributed by atoms with Gasteiger partial charge in [0.2, 0.25) is 0 Å². The number of amides is 1. The molecule has 9 heteroatoms. The molecule has 0 aliphatic heterocycles. The van der Waals surface area contributed by atoms with Crippen LogP contribution in [0, 0.1) is 0 Å². The van der Waals surface area contributed by atoms with Crippen LogP contribution in [0.5, 0.6) is 0 Å². The number of hydrogen-bond donors (Lipinski definition) is 0. The zero-order valence-electron chi connectivity index (χ0n) is 11.3. The molecule has 0 saturated carbocycles. The molecular formula is C13H11ClN6OS. The van der Waals surface area contributed by atoms with Crippen molar-refractivity contribution in [1.29, 1.82) is 0 Å². The third kappa shape index (κ3) is 3.46. The summed E-state index contributed by atoms with van der Waals surface area (Å²) in [7, 11) is 0. The normalized spacial score (nSPS) is 11.8. The summed E-state index contributed by atoms with van der Waals surface area (Å²) in [5, 5.41) is 13.2. The Balaban J connectivity index is 1.81. The molecule has 0 radical (unpaired) electrons. The highest BCUT2D eigenvalue weighted by Gasteiger charge is 2.05. The molecule has 112 valence electrons. The van der Waals surface area contributed by atoms with E-state index in [-0.39, 0.29) is 12.5 Å². The van der Waals surface area contributed by atoms with Crippen molar-refractivity contribution in [3.63, 3.8) is 0 Å². The van der Waals surface area contributed by atoms with Gasteiger partial charge >= 0.3 is 0 Å². The van der Waals surface area contributed by atoms with Gasteiger partial charge in [-0.1, -0.05) is 29.8 Å². The van der Waals surface area contributed by atoms with Gasteiger partial charge in [0.1, 0.15) is 12.9 Å². The molecule has 2 aromatic heterocycles. The zero-order valence-corrected chi connectivity index (χ0v) is 12.9. The van der Waals surface area contributed by atoms with Crippen molar-refractivity contribution in [1.82, 2.24) is 24.8 Å². The van der Waals surface area contributed by atoms with Gasteiger partial charge in [-0.3, -0.25) is 4.79 Å². The van der Waals surface area contributed by atoms with Crippen LogP contribution in [0.25, 0.3) is 0 Å². The molecule has 3 aromatic rings. The molecule has 0 aliphatic rings. The van der Waals surface area contributed by atoms with Crippen LogP contribution >= 0.6 is 22.9 Å². The van der Waals surface area contributed by atoms with Crippen molar-refractivity contribution in [2.45, 2.75) is 13.1 Å². The molecule has 0 spiro atoms. The Morgan fingerprint density at radius 2 is 2.23 bits per heavy atom. The van der Waals surface area contributed by atoms with Gasteiger partial charge in [0.25, 0.3) is 5.91 Å². The van der Waals surface area contributed by atoms with Crippen molar-refractivity contribution in [3.05, 3.63) is 57.6 Å². The lowest BCUT2D eigenvalue weighted by molar-refractivity contribution is -0.118. The first-order valence-corrected chi connectivity index (χ1v) is 7.64. The van der Waals surface area contributed by atoms with Crippen molar-refractivity contribution in [2.75, 3.05) is 0 Å². The van der Waals surface area contributed by atoms with E-state index in [1.807, 2.05) is 40.4 Å². The average molecular weight is 335 g/mol. The third-order valence-corrected chi connectivity index (χ3v) is 4.03. The van der Waals surface area contributed by atoms with E-state index in [0.29, 0.717) is 16.4 Å². The minimum absolute atomic E-state index is 0.0109. The van der Waals surface area contributed by atoms with Gasteiger partial charge in [-0.15, -0.1) is 16.4 Å². The Bertz CT molecular complexity index is 838. The second-order valence-corrected chi connectivity index (χ2v) is 5.70. The molecule has 0 atom stereocenters. The highest BCUT2D eigenvalue weighted by Crippen LogP contribution is 2.15. The summed E-state index contributed by atoms with van der Waals surface area (Å²) < 4.78 is 3.21. The third-order valence-electron chi connectivity index (χ3n) is 2.87. The lowest BCUT2D eigenvalue weighted by atomic mass is 10.2. The SMILES string of the molecule is O=C(Cn1cnnn1)N=c1sccn1Cc1ccccc1Cl. The molecule has 3 rings (SSSR count). The first-order valence-electron chi connectivity index (χ1n) is 6.38. The Labute approximate surface area is 134 Å². The predicted octanol–water partition coefficient (Wildman–Crippen LogP) is 1.37. The van der Waals surface area contributed by atoms with Crippen LogP contribution < -0.4 is 4.80 Å². The minimum Gasteiger partial charge on any atom is -0.319 e. The van der Waals surface area contributed by atoms with Crippen molar-refractivity contribution in [3.8, 4) is 0 Å². The van der Waals surface area contributed by atoms with E-state index in [0.717, 1.165) is 5.56 Å². The fourth-order valence-electron chi connectivity index (χ4n) is 1.85. The van der Waals surface area contributed by atoms with E-state index < -0.39 is 0 Å². The summed E-state index contributed by atoms with van der Waals surface area (Å²) in [5.41, 5.74) is 0.969. The quantitative estimate of drug-likeness (QED) is 0.722. The van der Waals surface area contributed by atoms with Gasteiger partial charge in [-0.25, -0.2) is 4.68 Å². The highest BCUT2D eigenvalue weighted by molar-refractivity contribution is 7.07. The number of benzene rings is 1. The maximum atomic E-state index is 11.9. The summed E-state index contributed by atoms with van der Waals surface area (Å²) >= 11 is 7.55. The van der Waals surface area contributed by atoms with E-state index in [1.54, 1.807) is 0 Å². The number of nitrogens with zero attached hydrogens (tertiary/aromatic N) is 6. The standard InChI is InChI=1S/C13H11ClN6OS/c14-11-4-2-1-3-10(11)7-19-5-6-22-13(19)16-12(21)8-20-9-15-17-18-20/h1-6,9H,7-8H2. The summed E-state index contributed by atoms with van der Waals surface area (Å²) in [5.74, 6) is -0.317. The van der Waals surface area contributed by atoms with Gasteiger partial charge in [-0.05, 0) is 22.1 Å². The lowest BCUT2D eigenvalue weighted by Gasteiger charge is -2.05. The first kappa shape index (κ1) is 14.6. The molecule has 7 nitrogen and oxygen atoms in total. The van der Waals surface area contributed by atoms with Gasteiger partial charge < -0.3 is 4.57 Å². The van der Waals surface area contributed by atoms with Crippen molar-refractivity contribution < 1.29 is 4.79 Å². The number of hydrogen-bond acceptors (Lipinski definition) is 5. The van der Waals surface area contributed by atoms with Crippen LogP contribution in [0.15, 0.2) is 47.2 Å². The monoisotopic (exact) mass is 334 g/mol. The topological polar surface area (TPSA) is 78.0 Å². The smallest absolute Gasteiger partial charge is 0.270 e. The Hall–Kier alpha value is -2.32. The molecule has 0 fully saturated rings. The van der Waals surface area contributed by atoms with Crippen molar-refractivity contribution in [2.24, 2.45) is 4.99 Å². The maximum absolute atomic E-state index is 11.9. The lowest BCUT2D eigenvalue weighted by Crippen LogP contribution is -2.19. The molecular weight excluding hydrogens is 324 g/mol. The summed E-state index contributed by atoms with van der Waals surface area (Å²) in [6, 6.07) is 7.59.